The highest BCUT2D eigenvalue weighted by atomic mass is 19.4. The summed E-state index contributed by atoms with van der Waals surface area (Å²) in [5.41, 5.74) is -2.35. The fourth-order valence-corrected chi connectivity index (χ4v) is 3.12. The van der Waals surface area contributed by atoms with Gasteiger partial charge in [-0.25, -0.2) is 9.69 Å². The number of amides is 2. The minimum Gasteiger partial charge on any atom is -0.314 e. The van der Waals surface area contributed by atoms with Crippen LogP contribution in [0.5, 0.6) is 0 Å². The molecule has 1 spiro atoms. The fourth-order valence-electron chi connectivity index (χ4n) is 3.12. The smallest absolute Gasteiger partial charge is 0.314 e. The lowest BCUT2D eigenvalue weighted by Gasteiger charge is -2.42. The molecule has 0 unspecified atom stereocenters. The van der Waals surface area contributed by atoms with Gasteiger partial charge in [-0.1, -0.05) is 0 Å². The summed E-state index contributed by atoms with van der Waals surface area (Å²) in [5, 5.41) is 17.1. The van der Waals surface area contributed by atoms with Crippen molar-refractivity contribution in [1.82, 2.24) is 4.90 Å². The van der Waals surface area contributed by atoms with Crippen LogP contribution in [0.25, 0.3) is 0 Å². The van der Waals surface area contributed by atoms with Crippen LogP contribution in [-0.2, 0) is 6.18 Å². The SMILES string of the molecule is CN1C(=O)N(c2ccc(C#N)c(C(F)(F)F)c2)C(=N)C12CCC2. The van der Waals surface area contributed by atoms with E-state index in [-0.39, 0.29) is 11.5 Å². The van der Waals surface area contributed by atoms with Gasteiger partial charge in [0.15, 0.2) is 0 Å². The van der Waals surface area contributed by atoms with Crippen molar-refractivity contribution in [2.75, 3.05) is 11.9 Å². The maximum atomic E-state index is 13.1. The first-order valence-corrected chi connectivity index (χ1v) is 7.01. The minimum absolute atomic E-state index is 0.00548. The highest BCUT2D eigenvalue weighted by molar-refractivity contribution is 6.24. The molecule has 5 nitrogen and oxygen atoms in total. The molecule has 1 saturated carbocycles. The summed E-state index contributed by atoms with van der Waals surface area (Å²) in [4.78, 5) is 14.8. The van der Waals surface area contributed by atoms with Crippen LogP contribution in [0.2, 0.25) is 0 Å². The van der Waals surface area contributed by atoms with Gasteiger partial charge in [-0.15, -0.1) is 0 Å². The van der Waals surface area contributed by atoms with E-state index >= 15 is 0 Å². The number of rotatable bonds is 1. The molecule has 120 valence electrons. The van der Waals surface area contributed by atoms with Crippen LogP contribution in [0.4, 0.5) is 23.7 Å². The average Bonchev–Trinajstić information content (AvgIpc) is 2.64. The van der Waals surface area contributed by atoms with Gasteiger partial charge in [0, 0.05) is 7.05 Å². The lowest BCUT2D eigenvalue weighted by molar-refractivity contribution is -0.137. The summed E-state index contributed by atoms with van der Waals surface area (Å²) in [6, 6.07) is 4.04. The summed E-state index contributed by atoms with van der Waals surface area (Å²) >= 11 is 0. The lowest BCUT2D eigenvalue weighted by Crippen LogP contribution is -2.53. The van der Waals surface area contributed by atoms with Crippen LogP contribution in [0.15, 0.2) is 18.2 Å². The van der Waals surface area contributed by atoms with E-state index in [9.17, 15) is 18.0 Å². The largest absolute Gasteiger partial charge is 0.417 e. The summed E-state index contributed by atoms with van der Waals surface area (Å²) in [7, 11) is 1.56. The number of amidine groups is 1. The first kappa shape index (κ1) is 15.3. The van der Waals surface area contributed by atoms with Crippen LogP contribution >= 0.6 is 0 Å². The van der Waals surface area contributed by atoms with E-state index in [0.29, 0.717) is 12.8 Å². The maximum absolute atomic E-state index is 13.1. The Labute approximate surface area is 130 Å². The number of halogens is 3. The molecule has 1 saturated heterocycles. The molecule has 3 rings (SSSR count). The number of hydrogen-bond acceptors (Lipinski definition) is 3. The van der Waals surface area contributed by atoms with Gasteiger partial charge in [0.05, 0.1) is 22.9 Å². The molecule has 0 aromatic heterocycles. The van der Waals surface area contributed by atoms with Crippen LogP contribution in [0, 0.1) is 16.7 Å². The molecule has 1 aromatic rings. The standard InChI is InChI=1S/C15H13F3N4O/c1-21-13(23)22(12(20)14(21)5-2-6-14)10-4-3-9(8-19)11(7-10)15(16,17)18/h3-4,7,20H,2,5-6H2,1H3. The molecule has 1 N–H and O–H groups in total. The minimum atomic E-state index is -4.70. The van der Waals surface area contributed by atoms with E-state index in [1.54, 1.807) is 7.05 Å². The number of nitrogens with one attached hydrogen (secondary N) is 1. The third-order valence-electron chi connectivity index (χ3n) is 4.65. The van der Waals surface area contributed by atoms with Gasteiger partial charge in [0.25, 0.3) is 0 Å². The molecule has 1 aliphatic heterocycles. The van der Waals surface area contributed by atoms with Crippen molar-refractivity contribution < 1.29 is 18.0 Å². The highest BCUT2D eigenvalue weighted by Crippen LogP contribution is 2.45. The van der Waals surface area contributed by atoms with Crippen molar-refractivity contribution in [2.24, 2.45) is 0 Å². The Balaban J connectivity index is 2.08. The number of carbonyl (C=O) groups excluding carboxylic acids is 1. The Morgan fingerprint density at radius 1 is 1.35 bits per heavy atom. The third-order valence-corrected chi connectivity index (χ3v) is 4.65. The number of anilines is 1. The van der Waals surface area contributed by atoms with Crippen LogP contribution < -0.4 is 4.90 Å². The summed E-state index contributed by atoms with van der Waals surface area (Å²) in [6.45, 7) is 0. The van der Waals surface area contributed by atoms with Gasteiger partial charge in [0.2, 0.25) is 0 Å². The number of urea groups is 1. The van der Waals surface area contributed by atoms with Crippen molar-refractivity contribution >= 4 is 17.6 Å². The molecule has 1 aromatic carbocycles. The predicted molar refractivity (Wildman–Crippen MR) is 76.1 cm³/mol. The molecule has 0 atom stereocenters. The number of alkyl halides is 3. The van der Waals surface area contributed by atoms with Crippen molar-refractivity contribution in [3.8, 4) is 6.07 Å². The molecule has 23 heavy (non-hydrogen) atoms. The molecule has 8 heteroatoms. The molecule has 1 heterocycles. The van der Waals surface area contributed by atoms with E-state index in [4.69, 9.17) is 10.7 Å². The normalized spacial score (nSPS) is 20.0. The predicted octanol–water partition coefficient (Wildman–Crippen LogP) is 3.35. The number of likely N-dealkylation sites (N-methyl/N-ethyl adjacent to an activating group) is 1. The fraction of sp³-hybridized carbons (Fsp3) is 0.400. The number of nitrogens with zero attached hydrogens (tertiary/aromatic N) is 3. The molecule has 2 amide bonds. The van der Waals surface area contributed by atoms with Gasteiger partial charge in [0.1, 0.15) is 11.4 Å². The molecule has 0 radical (unpaired) electrons. The second kappa shape index (κ2) is 4.72. The molecular weight excluding hydrogens is 309 g/mol. The molecule has 1 aliphatic carbocycles. The van der Waals surface area contributed by atoms with Crippen molar-refractivity contribution in [2.45, 2.75) is 31.0 Å². The van der Waals surface area contributed by atoms with E-state index in [1.165, 1.54) is 17.0 Å². The van der Waals surface area contributed by atoms with E-state index < -0.39 is 28.9 Å². The maximum Gasteiger partial charge on any atom is 0.417 e. The topological polar surface area (TPSA) is 71.2 Å². The molecule has 2 aliphatic rings. The Morgan fingerprint density at radius 2 is 2.00 bits per heavy atom. The van der Waals surface area contributed by atoms with E-state index in [0.717, 1.165) is 23.5 Å². The Kier molecular flexibility index (Phi) is 3.15. The van der Waals surface area contributed by atoms with Gasteiger partial charge >= 0.3 is 12.2 Å². The molecular formula is C15H13F3N4O. The van der Waals surface area contributed by atoms with Gasteiger partial charge in [-0.05, 0) is 37.5 Å². The Morgan fingerprint density at radius 3 is 2.43 bits per heavy atom. The van der Waals surface area contributed by atoms with Crippen LogP contribution in [0.3, 0.4) is 0 Å². The molecule has 0 bridgehead atoms. The van der Waals surface area contributed by atoms with E-state index in [2.05, 4.69) is 0 Å². The molecule has 2 fully saturated rings. The number of hydrogen-bond donors (Lipinski definition) is 1. The quantitative estimate of drug-likeness (QED) is 0.861. The van der Waals surface area contributed by atoms with Crippen molar-refractivity contribution in [1.29, 1.82) is 10.7 Å². The van der Waals surface area contributed by atoms with E-state index in [1.807, 2.05) is 0 Å². The monoisotopic (exact) mass is 322 g/mol. The lowest BCUT2D eigenvalue weighted by atomic mass is 9.75. The second-order valence-corrected chi connectivity index (χ2v) is 5.75. The van der Waals surface area contributed by atoms with Gasteiger partial charge in [-0.3, -0.25) is 5.41 Å². The second-order valence-electron chi connectivity index (χ2n) is 5.75. The van der Waals surface area contributed by atoms with Gasteiger partial charge < -0.3 is 4.90 Å². The number of carbonyl (C=O) groups is 1. The Bertz CT molecular complexity index is 746. The van der Waals surface area contributed by atoms with Gasteiger partial charge in [-0.2, -0.15) is 18.4 Å². The number of nitriles is 1. The van der Waals surface area contributed by atoms with Crippen molar-refractivity contribution in [3.05, 3.63) is 29.3 Å². The summed E-state index contributed by atoms with van der Waals surface area (Å²) in [5.74, 6) is -0.00548. The summed E-state index contributed by atoms with van der Waals surface area (Å²) < 4.78 is 39.3. The zero-order chi connectivity index (χ0) is 17.0. The third kappa shape index (κ3) is 2.00. The first-order valence-electron chi connectivity index (χ1n) is 7.01. The Hall–Kier alpha value is -2.56. The number of benzene rings is 1. The highest BCUT2D eigenvalue weighted by Gasteiger charge is 2.56. The zero-order valence-electron chi connectivity index (χ0n) is 12.2. The first-order chi connectivity index (χ1) is 10.7. The van der Waals surface area contributed by atoms with Crippen LogP contribution in [0.1, 0.15) is 30.4 Å². The van der Waals surface area contributed by atoms with Crippen molar-refractivity contribution in [3.63, 3.8) is 0 Å². The van der Waals surface area contributed by atoms with Crippen LogP contribution in [-0.4, -0.2) is 29.4 Å². The summed E-state index contributed by atoms with van der Waals surface area (Å²) in [6.07, 6.45) is -2.57. The average molecular weight is 322 g/mol. The zero-order valence-corrected chi connectivity index (χ0v) is 12.2.